The SMILES string of the molecule is NC(CCCCB(O)O)(CNC1Cc2ccccc2C1)C(=O)O. The van der Waals surface area contributed by atoms with Crippen LogP contribution in [0.3, 0.4) is 0 Å². The molecule has 6 nitrogen and oxygen atoms in total. The van der Waals surface area contributed by atoms with E-state index in [4.69, 9.17) is 15.8 Å². The molecule has 0 bridgehead atoms. The Morgan fingerprint density at radius 3 is 2.39 bits per heavy atom. The topological polar surface area (TPSA) is 116 Å². The molecule has 1 aliphatic carbocycles. The van der Waals surface area contributed by atoms with Crippen LogP contribution in [0.2, 0.25) is 6.32 Å². The van der Waals surface area contributed by atoms with Crippen LogP contribution in [-0.4, -0.2) is 46.4 Å². The van der Waals surface area contributed by atoms with Gasteiger partial charge in [-0.1, -0.05) is 37.1 Å². The number of benzene rings is 1. The van der Waals surface area contributed by atoms with Crippen LogP contribution in [-0.2, 0) is 17.6 Å². The van der Waals surface area contributed by atoms with Crippen LogP contribution < -0.4 is 11.1 Å². The monoisotopic (exact) mass is 320 g/mol. The van der Waals surface area contributed by atoms with Crippen molar-refractivity contribution in [3.8, 4) is 0 Å². The maximum absolute atomic E-state index is 11.5. The van der Waals surface area contributed by atoms with Gasteiger partial charge in [0, 0.05) is 12.6 Å². The van der Waals surface area contributed by atoms with Crippen LogP contribution in [0.15, 0.2) is 24.3 Å². The smallest absolute Gasteiger partial charge is 0.451 e. The first-order valence-corrected chi connectivity index (χ1v) is 8.09. The summed E-state index contributed by atoms with van der Waals surface area (Å²) in [4.78, 5) is 11.5. The van der Waals surface area contributed by atoms with Gasteiger partial charge in [-0.15, -0.1) is 0 Å². The van der Waals surface area contributed by atoms with Crippen LogP contribution >= 0.6 is 0 Å². The van der Waals surface area contributed by atoms with Gasteiger partial charge < -0.3 is 26.2 Å². The zero-order chi connectivity index (χ0) is 16.9. The van der Waals surface area contributed by atoms with Gasteiger partial charge in [0.05, 0.1) is 0 Å². The second-order valence-electron chi connectivity index (χ2n) is 6.44. The first-order chi connectivity index (χ1) is 10.9. The lowest BCUT2D eigenvalue weighted by atomic mass is 9.82. The average Bonchev–Trinajstić information content (AvgIpc) is 2.92. The highest BCUT2D eigenvalue weighted by atomic mass is 16.4. The minimum absolute atomic E-state index is 0.211. The Morgan fingerprint density at radius 1 is 1.26 bits per heavy atom. The van der Waals surface area contributed by atoms with Crippen LogP contribution in [0.4, 0.5) is 0 Å². The molecule has 0 saturated carbocycles. The predicted molar refractivity (Wildman–Crippen MR) is 89.0 cm³/mol. The van der Waals surface area contributed by atoms with E-state index >= 15 is 0 Å². The summed E-state index contributed by atoms with van der Waals surface area (Å²) < 4.78 is 0. The van der Waals surface area contributed by atoms with Crippen molar-refractivity contribution in [2.24, 2.45) is 5.73 Å². The first-order valence-electron chi connectivity index (χ1n) is 8.09. The second-order valence-corrected chi connectivity index (χ2v) is 6.44. The van der Waals surface area contributed by atoms with E-state index in [1.165, 1.54) is 11.1 Å². The van der Waals surface area contributed by atoms with Gasteiger partial charge in [0.15, 0.2) is 0 Å². The molecule has 126 valence electrons. The number of aliphatic carboxylic acids is 1. The minimum Gasteiger partial charge on any atom is -0.480 e. The summed E-state index contributed by atoms with van der Waals surface area (Å²) in [5, 5.41) is 30.4. The van der Waals surface area contributed by atoms with Gasteiger partial charge in [-0.05, 0) is 36.7 Å². The summed E-state index contributed by atoms with van der Waals surface area (Å²) >= 11 is 0. The van der Waals surface area contributed by atoms with Gasteiger partial charge in [0.25, 0.3) is 0 Å². The Morgan fingerprint density at radius 2 is 1.87 bits per heavy atom. The number of unbranched alkanes of at least 4 members (excludes halogenated alkanes) is 1. The van der Waals surface area contributed by atoms with E-state index in [0.717, 1.165) is 12.8 Å². The fraction of sp³-hybridized carbons (Fsp3) is 0.562. The molecule has 1 aromatic carbocycles. The highest BCUT2D eigenvalue weighted by Gasteiger charge is 2.34. The number of nitrogens with two attached hydrogens (primary N) is 1. The number of hydrogen-bond acceptors (Lipinski definition) is 5. The van der Waals surface area contributed by atoms with Gasteiger partial charge >= 0.3 is 13.1 Å². The summed E-state index contributed by atoms with van der Waals surface area (Å²) in [5.74, 6) is -1.02. The molecule has 0 amide bonds. The molecule has 0 saturated heterocycles. The highest BCUT2D eigenvalue weighted by molar-refractivity contribution is 6.40. The average molecular weight is 320 g/mol. The van der Waals surface area contributed by atoms with E-state index in [1.54, 1.807) is 0 Å². The zero-order valence-electron chi connectivity index (χ0n) is 13.2. The molecule has 23 heavy (non-hydrogen) atoms. The third-order valence-electron chi connectivity index (χ3n) is 4.52. The Bertz CT molecular complexity index is 516. The third-order valence-corrected chi connectivity index (χ3v) is 4.52. The van der Waals surface area contributed by atoms with Crippen molar-refractivity contribution in [1.29, 1.82) is 0 Å². The number of carboxylic acids is 1. The number of hydrogen-bond donors (Lipinski definition) is 5. The molecule has 0 aliphatic heterocycles. The van der Waals surface area contributed by atoms with Crippen molar-refractivity contribution in [2.75, 3.05) is 6.54 Å². The Labute approximate surface area is 136 Å². The molecule has 1 aliphatic rings. The second kappa shape index (κ2) is 7.92. The minimum atomic E-state index is -1.35. The van der Waals surface area contributed by atoms with Crippen molar-refractivity contribution < 1.29 is 19.9 Å². The van der Waals surface area contributed by atoms with E-state index in [1.807, 2.05) is 12.1 Å². The zero-order valence-corrected chi connectivity index (χ0v) is 13.2. The summed E-state index contributed by atoms with van der Waals surface area (Å²) in [7, 11) is -1.35. The lowest BCUT2D eigenvalue weighted by molar-refractivity contribution is -0.143. The summed E-state index contributed by atoms with van der Waals surface area (Å²) in [5.41, 5.74) is 7.34. The summed E-state index contributed by atoms with van der Waals surface area (Å²) in [6.45, 7) is 0.211. The molecule has 0 radical (unpaired) electrons. The Hall–Kier alpha value is -1.41. The van der Waals surface area contributed by atoms with Gasteiger partial charge in [0.1, 0.15) is 5.54 Å². The van der Waals surface area contributed by atoms with Crippen LogP contribution in [0.5, 0.6) is 0 Å². The van der Waals surface area contributed by atoms with Crippen molar-refractivity contribution in [3.05, 3.63) is 35.4 Å². The Kier molecular flexibility index (Phi) is 6.18. The van der Waals surface area contributed by atoms with Crippen LogP contribution in [0.25, 0.3) is 0 Å². The fourth-order valence-electron chi connectivity index (χ4n) is 3.07. The van der Waals surface area contributed by atoms with E-state index in [9.17, 15) is 9.90 Å². The van der Waals surface area contributed by atoms with E-state index in [-0.39, 0.29) is 18.9 Å². The molecular formula is C16H25BN2O4. The number of carbonyl (C=O) groups is 1. The molecular weight excluding hydrogens is 295 g/mol. The summed E-state index contributed by atoms with van der Waals surface area (Å²) in [6, 6.07) is 8.45. The molecule has 0 aromatic heterocycles. The first kappa shape index (κ1) is 17.9. The molecule has 2 rings (SSSR count). The highest BCUT2D eigenvalue weighted by Crippen LogP contribution is 2.22. The van der Waals surface area contributed by atoms with Gasteiger partial charge in [0.2, 0.25) is 0 Å². The molecule has 1 atom stereocenters. The standard InChI is InChI=1S/C16H25BN2O4/c18-16(15(20)21,7-3-4-8-17(22)23)11-19-14-9-12-5-1-2-6-13(12)10-14/h1-2,5-6,14,19,22-23H,3-4,7-11,18H2,(H,20,21). The number of fused-ring (bicyclic) bond motifs is 1. The number of carboxylic acid groups (broad SMARTS) is 1. The molecule has 1 unspecified atom stereocenters. The predicted octanol–water partition coefficient (Wildman–Crippen LogP) is 0.169. The lowest BCUT2D eigenvalue weighted by Crippen LogP contribution is -2.56. The van der Waals surface area contributed by atoms with Crippen molar-refractivity contribution in [2.45, 2.75) is 50.0 Å². The number of nitrogens with one attached hydrogen (secondary N) is 1. The molecule has 0 fully saturated rings. The van der Waals surface area contributed by atoms with Crippen molar-refractivity contribution in [1.82, 2.24) is 5.32 Å². The molecule has 0 heterocycles. The fourth-order valence-corrected chi connectivity index (χ4v) is 3.07. The summed E-state index contributed by atoms with van der Waals surface area (Å²) in [6.07, 6.45) is 3.42. The van der Waals surface area contributed by atoms with Gasteiger partial charge in [-0.25, -0.2) is 0 Å². The normalized spacial score (nSPS) is 16.8. The molecule has 7 heteroatoms. The lowest BCUT2D eigenvalue weighted by Gasteiger charge is -2.27. The molecule has 0 spiro atoms. The molecule has 1 aromatic rings. The van der Waals surface area contributed by atoms with Crippen LogP contribution in [0.1, 0.15) is 30.4 Å². The Balaban J connectivity index is 1.82. The van der Waals surface area contributed by atoms with E-state index in [0.29, 0.717) is 19.3 Å². The van der Waals surface area contributed by atoms with E-state index in [2.05, 4.69) is 17.4 Å². The molecule has 6 N–H and O–H groups in total. The van der Waals surface area contributed by atoms with Crippen molar-refractivity contribution >= 4 is 13.1 Å². The van der Waals surface area contributed by atoms with Crippen molar-refractivity contribution in [3.63, 3.8) is 0 Å². The van der Waals surface area contributed by atoms with Gasteiger partial charge in [-0.3, -0.25) is 4.79 Å². The largest absolute Gasteiger partial charge is 0.480 e. The quantitative estimate of drug-likeness (QED) is 0.327. The third kappa shape index (κ3) is 5.04. The maximum atomic E-state index is 11.5. The van der Waals surface area contributed by atoms with Crippen LogP contribution in [0, 0.1) is 0 Å². The maximum Gasteiger partial charge on any atom is 0.451 e. The van der Waals surface area contributed by atoms with E-state index < -0.39 is 18.6 Å². The van der Waals surface area contributed by atoms with Gasteiger partial charge in [-0.2, -0.15) is 0 Å². The number of rotatable bonds is 9.